The van der Waals surface area contributed by atoms with Crippen molar-refractivity contribution in [1.29, 1.82) is 5.26 Å². The summed E-state index contributed by atoms with van der Waals surface area (Å²) in [6.07, 6.45) is 2.54. The van der Waals surface area contributed by atoms with E-state index in [1.54, 1.807) is 12.3 Å². The average molecular weight is 419 g/mol. The van der Waals surface area contributed by atoms with E-state index in [-0.39, 0.29) is 23.0 Å². The van der Waals surface area contributed by atoms with Gasteiger partial charge in [-0.2, -0.15) is 15.3 Å². The number of fused-ring (bicyclic) bond motifs is 1. The van der Waals surface area contributed by atoms with Crippen LogP contribution in [-0.4, -0.2) is 41.8 Å². The number of benzene rings is 1. The van der Waals surface area contributed by atoms with Crippen molar-refractivity contribution >= 4 is 17.5 Å². The Hall–Kier alpha value is -4.33. The van der Waals surface area contributed by atoms with E-state index in [9.17, 15) is 14.4 Å². The van der Waals surface area contributed by atoms with Gasteiger partial charge in [0.05, 0.1) is 11.4 Å². The number of hydrogen-bond acceptors (Lipinski definition) is 7. The van der Waals surface area contributed by atoms with Crippen LogP contribution in [0.4, 0.5) is 10.2 Å². The zero-order valence-corrected chi connectivity index (χ0v) is 16.6. The fraction of sp³-hybridized carbons (Fsp3) is 0.200. The van der Waals surface area contributed by atoms with Crippen molar-refractivity contribution < 1.29 is 9.18 Å². The molecule has 0 spiro atoms. The van der Waals surface area contributed by atoms with Crippen LogP contribution in [0.3, 0.4) is 0 Å². The first-order chi connectivity index (χ1) is 15.0. The Balaban J connectivity index is 1.40. The summed E-state index contributed by atoms with van der Waals surface area (Å²) in [5.41, 5.74) is 8.19. The molecule has 11 heteroatoms. The normalized spacial score (nSPS) is 10.9. The third-order valence-corrected chi connectivity index (χ3v) is 4.69. The summed E-state index contributed by atoms with van der Waals surface area (Å²) in [4.78, 5) is 20.5. The maximum absolute atomic E-state index is 13.2. The molecule has 0 aliphatic heterocycles. The summed E-state index contributed by atoms with van der Waals surface area (Å²) in [6, 6.07) is 9.48. The number of nitrogens with one attached hydrogen (secondary N) is 1. The molecule has 0 unspecified atom stereocenters. The van der Waals surface area contributed by atoms with Gasteiger partial charge >= 0.3 is 0 Å². The van der Waals surface area contributed by atoms with Crippen molar-refractivity contribution in [1.82, 2.24) is 34.7 Å². The molecule has 156 valence electrons. The zero-order valence-electron chi connectivity index (χ0n) is 16.6. The Morgan fingerprint density at radius 2 is 2.03 bits per heavy atom. The van der Waals surface area contributed by atoms with Gasteiger partial charge in [0.25, 0.3) is 11.7 Å². The predicted molar refractivity (Wildman–Crippen MR) is 109 cm³/mol. The van der Waals surface area contributed by atoms with Crippen LogP contribution in [0.15, 0.2) is 36.5 Å². The van der Waals surface area contributed by atoms with Gasteiger partial charge in [-0.05, 0) is 50.1 Å². The molecule has 1 amide bonds. The fourth-order valence-electron chi connectivity index (χ4n) is 3.09. The van der Waals surface area contributed by atoms with E-state index in [1.165, 1.54) is 33.5 Å². The molecular weight excluding hydrogens is 401 g/mol. The minimum absolute atomic E-state index is 0.0318. The van der Waals surface area contributed by atoms with Gasteiger partial charge in [-0.3, -0.25) is 4.79 Å². The minimum atomic E-state index is -0.415. The van der Waals surface area contributed by atoms with Gasteiger partial charge < -0.3 is 11.1 Å². The molecule has 3 heterocycles. The molecular formula is C20H18FN9O. The molecule has 10 nitrogen and oxygen atoms in total. The van der Waals surface area contributed by atoms with Crippen molar-refractivity contribution in [3.8, 4) is 11.8 Å². The summed E-state index contributed by atoms with van der Waals surface area (Å²) in [7, 11) is 0. The second-order valence-corrected chi connectivity index (χ2v) is 6.80. The lowest BCUT2D eigenvalue weighted by atomic mass is 10.1. The molecule has 1 aromatic carbocycles. The molecule has 0 saturated heterocycles. The van der Waals surface area contributed by atoms with E-state index in [4.69, 9.17) is 5.73 Å². The Kier molecular flexibility index (Phi) is 5.28. The first-order valence-corrected chi connectivity index (χ1v) is 9.48. The maximum atomic E-state index is 13.2. The highest BCUT2D eigenvalue weighted by Crippen LogP contribution is 2.21. The lowest BCUT2D eigenvalue weighted by Gasteiger charge is -2.03. The molecule has 0 saturated carbocycles. The summed E-state index contributed by atoms with van der Waals surface area (Å²) in [6.45, 7) is 2.17. The van der Waals surface area contributed by atoms with Gasteiger partial charge in [-0.15, -0.1) is 5.10 Å². The number of carbonyl (C=O) groups is 1. The van der Waals surface area contributed by atoms with E-state index in [0.29, 0.717) is 36.5 Å². The summed E-state index contributed by atoms with van der Waals surface area (Å²) >= 11 is 0. The number of halogens is 1. The van der Waals surface area contributed by atoms with Gasteiger partial charge in [-0.1, -0.05) is 0 Å². The monoisotopic (exact) mass is 419 g/mol. The SMILES string of the molecule is Cc1ccnc2nc(C(=O)NCCCc3nn(-c4ccc(F)cc4)c(N)c3C#N)nn12. The number of carbonyl (C=O) groups excluding carboxylic acids is 1. The largest absolute Gasteiger partial charge is 0.382 e. The van der Waals surface area contributed by atoms with Crippen LogP contribution >= 0.6 is 0 Å². The second kappa shape index (κ2) is 8.19. The van der Waals surface area contributed by atoms with E-state index in [1.807, 2.05) is 6.92 Å². The number of rotatable bonds is 6. The van der Waals surface area contributed by atoms with Gasteiger partial charge in [0, 0.05) is 18.4 Å². The van der Waals surface area contributed by atoms with Crippen molar-refractivity contribution in [2.24, 2.45) is 0 Å². The van der Waals surface area contributed by atoms with Crippen LogP contribution in [0, 0.1) is 24.1 Å². The molecule has 0 radical (unpaired) electrons. The number of nitrogens with zero attached hydrogens (tertiary/aromatic N) is 7. The Labute approximate surface area is 176 Å². The molecule has 4 rings (SSSR count). The molecule has 4 aromatic rings. The van der Waals surface area contributed by atoms with Crippen molar-refractivity contribution in [2.75, 3.05) is 12.3 Å². The van der Waals surface area contributed by atoms with Gasteiger partial charge in [0.15, 0.2) is 0 Å². The Morgan fingerprint density at radius 1 is 1.26 bits per heavy atom. The highest BCUT2D eigenvalue weighted by Gasteiger charge is 2.17. The van der Waals surface area contributed by atoms with Crippen LogP contribution in [0.25, 0.3) is 11.5 Å². The van der Waals surface area contributed by atoms with Gasteiger partial charge in [0.1, 0.15) is 23.3 Å². The highest BCUT2D eigenvalue weighted by atomic mass is 19.1. The number of aryl methyl sites for hydroxylation is 2. The van der Waals surface area contributed by atoms with E-state index >= 15 is 0 Å². The van der Waals surface area contributed by atoms with Gasteiger partial charge in [-0.25, -0.2) is 18.6 Å². The molecule has 3 aromatic heterocycles. The van der Waals surface area contributed by atoms with Crippen molar-refractivity contribution in [3.63, 3.8) is 0 Å². The average Bonchev–Trinajstić information content (AvgIpc) is 3.34. The van der Waals surface area contributed by atoms with Crippen molar-refractivity contribution in [2.45, 2.75) is 19.8 Å². The summed E-state index contributed by atoms with van der Waals surface area (Å²) in [5.74, 6) is -0.223. The number of anilines is 1. The number of amides is 1. The summed E-state index contributed by atoms with van der Waals surface area (Å²) in [5, 5.41) is 20.8. The van der Waals surface area contributed by atoms with Crippen LogP contribution in [-0.2, 0) is 6.42 Å². The highest BCUT2D eigenvalue weighted by molar-refractivity contribution is 5.90. The molecule has 0 bridgehead atoms. The van der Waals surface area contributed by atoms with Crippen LogP contribution < -0.4 is 11.1 Å². The lowest BCUT2D eigenvalue weighted by Crippen LogP contribution is -2.26. The first kappa shape index (κ1) is 20.0. The molecule has 0 aliphatic rings. The number of nitriles is 1. The Bertz CT molecular complexity index is 1300. The maximum Gasteiger partial charge on any atom is 0.291 e. The van der Waals surface area contributed by atoms with E-state index in [2.05, 4.69) is 31.6 Å². The third kappa shape index (κ3) is 3.91. The molecule has 3 N–H and O–H groups in total. The topological polar surface area (TPSA) is 140 Å². The van der Waals surface area contributed by atoms with Crippen LogP contribution in [0.2, 0.25) is 0 Å². The predicted octanol–water partition coefficient (Wildman–Crippen LogP) is 1.57. The molecule has 0 fully saturated rings. The molecule has 0 atom stereocenters. The third-order valence-electron chi connectivity index (χ3n) is 4.69. The number of hydrogen-bond donors (Lipinski definition) is 2. The Morgan fingerprint density at radius 3 is 2.74 bits per heavy atom. The molecule has 0 aliphatic carbocycles. The first-order valence-electron chi connectivity index (χ1n) is 9.48. The smallest absolute Gasteiger partial charge is 0.291 e. The number of nitrogen functional groups attached to an aromatic ring is 1. The number of aromatic nitrogens is 6. The number of nitrogens with two attached hydrogens (primary N) is 1. The van der Waals surface area contributed by atoms with E-state index < -0.39 is 5.91 Å². The zero-order chi connectivity index (χ0) is 22.0. The van der Waals surface area contributed by atoms with Gasteiger partial charge in [0.2, 0.25) is 5.82 Å². The van der Waals surface area contributed by atoms with Crippen LogP contribution in [0.1, 0.15) is 34.0 Å². The minimum Gasteiger partial charge on any atom is -0.382 e. The van der Waals surface area contributed by atoms with Crippen LogP contribution in [0.5, 0.6) is 0 Å². The lowest BCUT2D eigenvalue weighted by molar-refractivity contribution is 0.0943. The summed E-state index contributed by atoms with van der Waals surface area (Å²) < 4.78 is 16.1. The quantitative estimate of drug-likeness (QED) is 0.452. The fourth-order valence-corrected chi connectivity index (χ4v) is 3.09. The van der Waals surface area contributed by atoms with Crippen molar-refractivity contribution in [3.05, 3.63) is 65.1 Å². The van der Waals surface area contributed by atoms with E-state index in [0.717, 1.165) is 5.69 Å². The second-order valence-electron chi connectivity index (χ2n) is 6.80. The standard InChI is InChI=1S/C20H18FN9O/c1-12-8-10-25-20-26-18(28-29(12)20)19(31)24-9-2-3-16-15(11-22)17(23)30(27-16)14-6-4-13(21)5-7-14/h4-8,10H,2-3,9,23H2,1H3,(H,24,31). The molecule has 31 heavy (non-hydrogen) atoms.